The van der Waals surface area contributed by atoms with Crippen molar-refractivity contribution in [1.82, 2.24) is 0 Å². The lowest BCUT2D eigenvalue weighted by molar-refractivity contribution is -0.136. The molecule has 1 aromatic rings. The van der Waals surface area contributed by atoms with Crippen molar-refractivity contribution >= 4 is 17.6 Å². The molecule has 5 nitrogen and oxygen atoms in total. The molecule has 1 amide bonds. The Balaban J connectivity index is 2.14. The molecule has 2 N–H and O–H groups in total. The number of allylic oxidation sites excluding steroid dienone is 1. The van der Waals surface area contributed by atoms with Gasteiger partial charge in [0.05, 0.1) is 0 Å². The summed E-state index contributed by atoms with van der Waals surface area (Å²) in [6, 6.07) is 5.98. The van der Waals surface area contributed by atoms with Crippen LogP contribution in [0.5, 0.6) is 5.75 Å². The first-order chi connectivity index (χ1) is 10.1. The van der Waals surface area contributed by atoms with Crippen molar-refractivity contribution in [2.45, 2.75) is 32.1 Å². The highest BCUT2D eigenvalue weighted by Crippen LogP contribution is 2.24. The number of anilines is 1. The smallest absolute Gasteiger partial charge is 0.323 e. The van der Waals surface area contributed by atoms with Crippen LogP contribution in [-0.2, 0) is 9.59 Å². The minimum Gasteiger partial charge on any atom is -0.508 e. The first kappa shape index (κ1) is 15.1. The molecule has 0 aliphatic heterocycles. The van der Waals surface area contributed by atoms with Gasteiger partial charge in [-0.05, 0) is 49.9 Å². The number of aromatic hydroxyl groups is 1. The number of carbonyl (C=O) groups is 2. The molecule has 0 bridgehead atoms. The van der Waals surface area contributed by atoms with Gasteiger partial charge in [0.1, 0.15) is 12.3 Å². The zero-order valence-corrected chi connectivity index (χ0v) is 11.8. The van der Waals surface area contributed by atoms with Gasteiger partial charge in [-0.25, -0.2) is 0 Å². The number of aliphatic carboxylic acids is 1. The monoisotopic (exact) mass is 289 g/mol. The third-order valence-electron chi connectivity index (χ3n) is 3.52. The molecule has 0 spiro atoms. The third-order valence-corrected chi connectivity index (χ3v) is 3.52. The summed E-state index contributed by atoms with van der Waals surface area (Å²) in [7, 11) is 0. The number of hydrogen-bond donors (Lipinski definition) is 2. The van der Waals surface area contributed by atoms with Gasteiger partial charge >= 0.3 is 5.97 Å². The van der Waals surface area contributed by atoms with E-state index in [1.54, 1.807) is 12.1 Å². The van der Waals surface area contributed by atoms with E-state index in [1.807, 2.05) is 0 Å². The van der Waals surface area contributed by atoms with E-state index in [-0.39, 0.29) is 24.6 Å². The fraction of sp³-hybridized carbons (Fsp3) is 0.375. The summed E-state index contributed by atoms with van der Waals surface area (Å²) in [6.45, 7) is -0.378. The summed E-state index contributed by atoms with van der Waals surface area (Å²) in [6.07, 6.45) is 6.46. The topological polar surface area (TPSA) is 77.8 Å². The molecule has 0 atom stereocenters. The van der Waals surface area contributed by atoms with Gasteiger partial charge < -0.3 is 15.1 Å². The minimum absolute atomic E-state index is 0.0801. The Morgan fingerprint density at radius 1 is 1.14 bits per heavy atom. The molecule has 112 valence electrons. The lowest BCUT2D eigenvalue weighted by atomic mass is 9.97. The third kappa shape index (κ3) is 4.34. The highest BCUT2D eigenvalue weighted by atomic mass is 16.4. The number of carboxylic acids is 1. The van der Waals surface area contributed by atoms with Gasteiger partial charge in [0.25, 0.3) is 0 Å². The van der Waals surface area contributed by atoms with Gasteiger partial charge in [-0.3, -0.25) is 9.59 Å². The SMILES string of the molecule is O=C(O)CN(C(=O)CC1=CCCCC1)c1ccc(O)cc1. The number of hydrogen-bond acceptors (Lipinski definition) is 3. The van der Waals surface area contributed by atoms with Crippen LogP contribution >= 0.6 is 0 Å². The van der Waals surface area contributed by atoms with Crippen molar-refractivity contribution in [3.63, 3.8) is 0 Å². The van der Waals surface area contributed by atoms with Gasteiger partial charge in [-0.1, -0.05) is 11.6 Å². The molecule has 5 heteroatoms. The van der Waals surface area contributed by atoms with Crippen LogP contribution in [0.4, 0.5) is 5.69 Å². The van der Waals surface area contributed by atoms with E-state index in [9.17, 15) is 14.7 Å². The number of carbonyl (C=O) groups excluding carboxylic acids is 1. The second kappa shape index (κ2) is 6.92. The average molecular weight is 289 g/mol. The van der Waals surface area contributed by atoms with Crippen molar-refractivity contribution < 1.29 is 19.8 Å². The largest absolute Gasteiger partial charge is 0.508 e. The summed E-state index contributed by atoms with van der Waals surface area (Å²) < 4.78 is 0. The molecular weight excluding hydrogens is 270 g/mol. The lowest BCUT2D eigenvalue weighted by Gasteiger charge is -2.22. The van der Waals surface area contributed by atoms with Crippen molar-refractivity contribution in [3.05, 3.63) is 35.9 Å². The minimum atomic E-state index is -1.06. The fourth-order valence-electron chi connectivity index (χ4n) is 2.45. The first-order valence-electron chi connectivity index (χ1n) is 7.05. The van der Waals surface area contributed by atoms with E-state index < -0.39 is 5.97 Å². The van der Waals surface area contributed by atoms with Crippen molar-refractivity contribution in [2.24, 2.45) is 0 Å². The molecule has 0 aromatic heterocycles. The molecule has 1 aliphatic carbocycles. The normalized spacial score (nSPS) is 14.4. The second-order valence-electron chi connectivity index (χ2n) is 5.17. The van der Waals surface area contributed by atoms with Crippen molar-refractivity contribution in [2.75, 3.05) is 11.4 Å². The van der Waals surface area contributed by atoms with Gasteiger partial charge in [-0.15, -0.1) is 0 Å². The molecule has 1 aliphatic rings. The molecule has 2 rings (SSSR count). The van der Waals surface area contributed by atoms with Crippen LogP contribution in [0.15, 0.2) is 35.9 Å². The van der Waals surface area contributed by atoms with E-state index >= 15 is 0 Å². The van der Waals surface area contributed by atoms with Crippen LogP contribution < -0.4 is 4.90 Å². The Labute approximate surface area is 123 Å². The molecule has 0 saturated carbocycles. The Kier molecular flexibility index (Phi) is 4.98. The molecule has 0 saturated heterocycles. The number of phenols is 1. The molecule has 1 aromatic carbocycles. The van der Waals surface area contributed by atoms with Crippen LogP contribution in [0.2, 0.25) is 0 Å². The highest BCUT2D eigenvalue weighted by Gasteiger charge is 2.20. The van der Waals surface area contributed by atoms with Crippen LogP contribution in [0, 0.1) is 0 Å². The number of phenolic OH excluding ortho intramolecular Hbond substituents is 1. The van der Waals surface area contributed by atoms with Gasteiger partial charge in [0, 0.05) is 12.1 Å². The van der Waals surface area contributed by atoms with Gasteiger partial charge in [0.15, 0.2) is 0 Å². The maximum Gasteiger partial charge on any atom is 0.323 e. The van der Waals surface area contributed by atoms with Gasteiger partial charge in [-0.2, -0.15) is 0 Å². The summed E-state index contributed by atoms with van der Waals surface area (Å²) >= 11 is 0. The predicted octanol–water partition coefficient (Wildman–Crippen LogP) is 2.70. The van der Waals surface area contributed by atoms with Crippen LogP contribution in [0.25, 0.3) is 0 Å². The zero-order chi connectivity index (χ0) is 15.2. The lowest BCUT2D eigenvalue weighted by Crippen LogP contribution is -2.35. The molecule has 0 radical (unpaired) electrons. The maximum absolute atomic E-state index is 12.4. The number of nitrogens with zero attached hydrogens (tertiary/aromatic N) is 1. The maximum atomic E-state index is 12.4. The standard InChI is InChI=1S/C16H19NO4/c18-14-8-6-13(7-9-14)17(11-16(20)21)15(19)10-12-4-2-1-3-5-12/h4,6-9,18H,1-3,5,10-11H2,(H,20,21). The van der Waals surface area contributed by atoms with Crippen molar-refractivity contribution in [1.29, 1.82) is 0 Å². The highest BCUT2D eigenvalue weighted by molar-refractivity contribution is 5.98. The Hall–Kier alpha value is -2.30. The average Bonchev–Trinajstić information content (AvgIpc) is 2.46. The molecule has 0 fully saturated rings. The predicted molar refractivity (Wildman–Crippen MR) is 79.3 cm³/mol. The van der Waals surface area contributed by atoms with E-state index in [2.05, 4.69) is 6.08 Å². The van der Waals surface area contributed by atoms with Crippen LogP contribution in [-0.4, -0.2) is 28.6 Å². The summed E-state index contributed by atoms with van der Waals surface area (Å²) in [5, 5.41) is 18.3. The first-order valence-corrected chi connectivity index (χ1v) is 7.05. The number of carboxylic acid groups (broad SMARTS) is 1. The number of rotatable bonds is 5. The Morgan fingerprint density at radius 2 is 1.86 bits per heavy atom. The molecule has 0 heterocycles. The second-order valence-corrected chi connectivity index (χ2v) is 5.17. The molecule has 0 unspecified atom stereocenters. The van der Waals surface area contributed by atoms with Crippen LogP contribution in [0.1, 0.15) is 32.1 Å². The summed E-state index contributed by atoms with van der Waals surface area (Å²) in [5.74, 6) is -1.21. The van der Waals surface area contributed by atoms with Crippen molar-refractivity contribution in [3.8, 4) is 5.75 Å². The Morgan fingerprint density at radius 3 is 2.43 bits per heavy atom. The molecular formula is C16H19NO4. The quantitative estimate of drug-likeness (QED) is 0.817. The Bertz CT molecular complexity index is 548. The van der Waals surface area contributed by atoms with E-state index in [0.29, 0.717) is 5.69 Å². The van der Waals surface area contributed by atoms with E-state index in [0.717, 1.165) is 31.3 Å². The van der Waals surface area contributed by atoms with Gasteiger partial charge in [0.2, 0.25) is 5.91 Å². The molecule has 21 heavy (non-hydrogen) atoms. The van der Waals surface area contributed by atoms with Crippen LogP contribution in [0.3, 0.4) is 0 Å². The summed E-state index contributed by atoms with van der Waals surface area (Å²) in [5.41, 5.74) is 1.57. The number of benzene rings is 1. The van der Waals surface area contributed by atoms with E-state index in [4.69, 9.17) is 5.11 Å². The number of amides is 1. The fourth-order valence-corrected chi connectivity index (χ4v) is 2.45. The summed E-state index contributed by atoms with van der Waals surface area (Å²) in [4.78, 5) is 24.6. The van der Waals surface area contributed by atoms with E-state index in [1.165, 1.54) is 17.0 Å². The zero-order valence-electron chi connectivity index (χ0n) is 11.8.